The van der Waals surface area contributed by atoms with Gasteiger partial charge in [-0.25, -0.2) is 14.2 Å². The first-order chi connectivity index (χ1) is 17.3. The zero-order valence-electron chi connectivity index (χ0n) is 19.4. The van der Waals surface area contributed by atoms with Crippen LogP contribution in [0.5, 0.6) is 5.75 Å². The number of amides is 1. The number of nitrogens with zero attached hydrogens (tertiary/aromatic N) is 2. The number of benzene rings is 2. The van der Waals surface area contributed by atoms with Crippen molar-refractivity contribution in [2.24, 2.45) is 5.92 Å². The van der Waals surface area contributed by atoms with E-state index in [0.717, 1.165) is 24.8 Å². The van der Waals surface area contributed by atoms with E-state index < -0.39 is 11.5 Å². The minimum Gasteiger partial charge on any atom is -0.493 e. The number of hydrogen-bond acceptors (Lipinski definition) is 5. The van der Waals surface area contributed by atoms with Crippen LogP contribution in [0.25, 0.3) is 0 Å². The number of carboxylic acid groups (broad SMARTS) is 1. The first-order valence-electron chi connectivity index (χ1n) is 11.8. The lowest BCUT2D eigenvalue weighted by Crippen LogP contribution is -2.36. The van der Waals surface area contributed by atoms with Crippen LogP contribution in [0.2, 0.25) is 5.02 Å². The number of carbonyl (C=O) groups excluding carboxylic acids is 1. The second-order valence-corrected chi connectivity index (χ2v) is 9.75. The summed E-state index contributed by atoms with van der Waals surface area (Å²) < 4.78 is 19.2. The molecule has 1 atom stereocenters. The van der Waals surface area contributed by atoms with Crippen LogP contribution >= 0.6 is 11.6 Å². The minimum atomic E-state index is -0.990. The summed E-state index contributed by atoms with van der Waals surface area (Å²) in [4.78, 5) is 31.1. The number of hydrogen-bond donors (Lipinski definition) is 2. The van der Waals surface area contributed by atoms with Crippen molar-refractivity contribution >= 4 is 29.3 Å². The van der Waals surface area contributed by atoms with Crippen molar-refractivity contribution in [3.05, 3.63) is 88.3 Å². The van der Waals surface area contributed by atoms with E-state index in [-0.39, 0.29) is 23.2 Å². The number of rotatable bonds is 8. The van der Waals surface area contributed by atoms with Gasteiger partial charge in [0.2, 0.25) is 0 Å². The molecular weight excluding hydrogens is 485 g/mol. The standard InChI is InChI=1S/C27H25ClFN3O4/c28-20-12-23(25(33)31-27(9-10-27)19-6-4-18(5-7-19)26(34)35)24(30-14-20)32-11-8-17(15-32)16-36-22-3-1-2-21(29)13-22/h1-7,12-14,17H,8-11,15-16H2,(H,31,33)(H,34,35)/t17-/m1/s1. The van der Waals surface area contributed by atoms with E-state index in [1.54, 1.807) is 42.5 Å². The van der Waals surface area contributed by atoms with Crippen LogP contribution in [0.1, 0.15) is 45.5 Å². The highest BCUT2D eigenvalue weighted by atomic mass is 35.5. The van der Waals surface area contributed by atoms with Gasteiger partial charge in [-0.3, -0.25) is 4.79 Å². The van der Waals surface area contributed by atoms with Crippen LogP contribution in [-0.2, 0) is 5.54 Å². The molecule has 2 heterocycles. The van der Waals surface area contributed by atoms with Crippen LogP contribution in [0.3, 0.4) is 0 Å². The molecule has 2 aromatic carbocycles. The molecule has 1 aliphatic heterocycles. The Morgan fingerprint density at radius 1 is 1.19 bits per heavy atom. The summed E-state index contributed by atoms with van der Waals surface area (Å²) in [5.74, 6) is -0.363. The minimum absolute atomic E-state index is 0.198. The fourth-order valence-electron chi connectivity index (χ4n) is 4.61. The number of halogens is 2. The highest BCUT2D eigenvalue weighted by Gasteiger charge is 2.46. The van der Waals surface area contributed by atoms with Gasteiger partial charge in [0.1, 0.15) is 17.4 Å². The maximum atomic E-state index is 13.4. The summed E-state index contributed by atoms with van der Waals surface area (Å²) in [5.41, 5.74) is 0.933. The van der Waals surface area contributed by atoms with E-state index in [4.69, 9.17) is 21.4 Å². The number of aromatic nitrogens is 1. The Morgan fingerprint density at radius 3 is 2.67 bits per heavy atom. The smallest absolute Gasteiger partial charge is 0.335 e. The zero-order valence-corrected chi connectivity index (χ0v) is 20.2. The van der Waals surface area contributed by atoms with Crippen molar-refractivity contribution in [3.8, 4) is 5.75 Å². The molecule has 0 unspecified atom stereocenters. The number of aromatic carboxylic acids is 1. The van der Waals surface area contributed by atoms with Crippen molar-refractivity contribution in [1.29, 1.82) is 0 Å². The summed E-state index contributed by atoms with van der Waals surface area (Å²) in [7, 11) is 0. The monoisotopic (exact) mass is 509 g/mol. The summed E-state index contributed by atoms with van der Waals surface area (Å²) >= 11 is 6.21. The molecule has 1 amide bonds. The van der Waals surface area contributed by atoms with Crippen LogP contribution in [0, 0.1) is 11.7 Å². The van der Waals surface area contributed by atoms with E-state index in [0.29, 0.717) is 41.8 Å². The topological polar surface area (TPSA) is 91.8 Å². The van der Waals surface area contributed by atoms with Crippen molar-refractivity contribution in [1.82, 2.24) is 10.3 Å². The third-order valence-electron chi connectivity index (χ3n) is 6.73. The first-order valence-corrected chi connectivity index (χ1v) is 12.2. The van der Waals surface area contributed by atoms with E-state index >= 15 is 0 Å². The highest BCUT2D eigenvalue weighted by molar-refractivity contribution is 6.31. The summed E-state index contributed by atoms with van der Waals surface area (Å²) in [6.45, 7) is 1.78. The first kappa shape index (κ1) is 24.1. The van der Waals surface area contributed by atoms with Crippen molar-refractivity contribution in [3.63, 3.8) is 0 Å². The zero-order chi connectivity index (χ0) is 25.3. The second kappa shape index (κ2) is 9.78. The Kier molecular flexibility index (Phi) is 6.53. The molecule has 0 spiro atoms. The summed E-state index contributed by atoms with van der Waals surface area (Å²) in [6.07, 6.45) is 3.90. The molecule has 1 saturated heterocycles. The molecule has 5 rings (SSSR count). The average Bonchev–Trinajstić information content (AvgIpc) is 3.49. The van der Waals surface area contributed by atoms with Gasteiger partial charge in [-0.2, -0.15) is 0 Å². The molecule has 2 N–H and O–H groups in total. The van der Waals surface area contributed by atoms with Gasteiger partial charge in [0.25, 0.3) is 5.91 Å². The average molecular weight is 510 g/mol. The van der Waals surface area contributed by atoms with Crippen LogP contribution < -0.4 is 15.0 Å². The van der Waals surface area contributed by atoms with Gasteiger partial charge in [0.05, 0.1) is 28.3 Å². The number of ether oxygens (including phenoxy) is 1. The second-order valence-electron chi connectivity index (χ2n) is 9.31. The molecule has 1 aromatic heterocycles. The fourth-order valence-corrected chi connectivity index (χ4v) is 4.77. The molecule has 1 aliphatic carbocycles. The number of anilines is 1. The van der Waals surface area contributed by atoms with E-state index in [1.165, 1.54) is 18.3 Å². The molecule has 1 saturated carbocycles. The predicted molar refractivity (Wildman–Crippen MR) is 133 cm³/mol. The molecule has 7 nitrogen and oxygen atoms in total. The summed E-state index contributed by atoms with van der Waals surface area (Å²) in [6, 6.07) is 14.3. The normalized spacial score (nSPS) is 18.1. The molecule has 0 bridgehead atoms. The molecule has 3 aromatic rings. The SMILES string of the molecule is O=C(O)c1ccc(C2(NC(=O)c3cc(Cl)cnc3N3CC[C@@H](COc4cccc(F)c4)C3)CC2)cc1. The Bertz CT molecular complexity index is 1300. The molecule has 36 heavy (non-hydrogen) atoms. The van der Waals surface area contributed by atoms with Gasteiger partial charge in [-0.05, 0) is 55.2 Å². The van der Waals surface area contributed by atoms with E-state index in [9.17, 15) is 14.0 Å². The molecule has 186 valence electrons. The highest BCUT2D eigenvalue weighted by Crippen LogP contribution is 2.46. The molecule has 0 radical (unpaired) electrons. The van der Waals surface area contributed by atoms with Crippen molar-refractivity contribution < 1.29 is 23.8 Å². The maximum Gasteiger partial charge on any atom is 0.335 e. The van der Waals surface area contributed by atoms with Gasteiger partial charge in [-0.15, -0.1) is 0 Å². The van der Waals surface area contributed by atoms with Gasteiger partial charge in [0.15, 0.2) is 0 Å². The molecule has 2 fully saturated rings. The number of pyridine rings is 1. The predicted octanol–water partition coefficient (Wildman–Crippen LogP) is 4.90. The lowest BCUT2D eigenvalue weighted by molar-refractivity contribution is 0.0696. The Morgan fingerprint density at radius 2 is 1.97 bits per heavy atom. The molecular formula is C27H25ClFN3O4. The number of carboxylic acids is 1. The van der Waals surface area contributed by atoms with Crippen LogP contribution in [0.4, 0.5) is 10.2 Å². The molecule has 2 aliphatic rings. The van der Waals surface area contributed by atoms with Gasteiger partial charge in [0, 0.05) is 31.3 Å². The third kappa shape index (κ3) is 5.14. The van der Waals surface area contributed by atoms with Crippen LogP contribution in [-0.4, -0.2) is 41.7 Å². The Labute approximate surface area is 212 Å². The largest absolute Gasteiger partial charge is 0.493 e. The quantitative estimate of drug-likeness (QED) is 0.449. The number of carbonyl (C=O) groups is 2. The molecule has 9 heteroatoms. The van der Waals surface area contributed by atoms with E-state index in [1.807, 2.05) is 4.90 Å². The fraction of sp³-hybridized carbons (Fsp3) is 0.296. The van der Waals surface area contributed by atoms with Gasteiger partial charge in [-0.1, -0.05) is 29.8 Å². The Balaban J connectivity index is 1.28. The van der Waals surface area contributed by atoms with Gasteiger partial charge < -0.3 is 20.1 Å². The maximum absolute atomic E-state index is 13.4. The summed E-state index contributed by atoms with van der Waals surface area (Å²) in [5, 5.41) is 12.6. The lowest BCUT2D eigenvalue weighted by atomic mass is 10.0. The van der Waals surface area contributed by atoms with Gasteiger partial charge >= 0.3 is 5.97 Å². The third-order valence-corrected chi connectivity index (χ3v) is 6.94. The van der Waals surface area contributed by atoms with Crippen LogP contribution in [0.15, 0.2) is 60.8 Å². The lowest BCUT2D eigenvalue weighted by Gasteiger charge is -2.23. The Hall–Kier alpha value is -3.65. The van der Waals surface area contributed by atoms with Crippen molar-refractivity contribution in [2.45, 2.75) is 24.8 Å². The van der Waals surface area contributed by atoms with Crippen molar-refractivity contribution in [2.75, 3.05) is 24.6 Å². The van der Waals surface area contributed by atoms with E-state index in [2.05, 4.69) is 10.3 Å². The number of nitrogens with one attached hydrogen (secondary N) is 1.